The van der Waals surface area contributed by atoms with Crippen molar-refractivity contribution in [3.05, 3.63) is 41.8 Å². The average molecular weight is 452 g/mol. The average Bonchev–Trinajstić information content (AvgIpc) is 3.15. The van der Waals surface area contributed by atoms with E-state index in [1.54, 1.807) is 12.1 Å². The number of hydrogen-bond acceptors (Lipinski definition) is 9. The minimum Gasteiger partial charge on any atom is -0.508 e. The molecule has 12 heteroatoms. The summed E-state index contributed by atoms with van der Waals surface area (Å²) in [6.45, 7) is 0. The Hall–Kier alpha value is -3.14. The summed E-state index contributed by atoms with van der Waals surface area (Å²) < 4.78 is 29.4. The summed E-state index contributed by atoms with van der Waals surface area (Å²) in [5.41, 5.74) is 0.444. The van der Waals surface area contributed by atoms with E-state index in [1.807, 2.05) is 10.8 Å². The third kappa shape index (κ3) is 7.89. The molecule has 0 fully saturated rings. The van der Waals surface area contributed by atoms with E-state index in [2.05, 4.69) is 10.3 Å². The van der Waals surface area contributed by atoms with Crippen molar-refractivity contribution in [1.82, 2.24) is 10.3 Å². The molecule has 0 spiro atoms. The van der Waals surface area contributed by atoms with E-state index < -0.39 is 34.2 Å². The molecular weight excluding hydrogens is 428 g/mol. The molecule has 1 aromatic carbocycles. The van der Waals surface area contributed by atoms with Crippen molar-refractivity contribution >= 4 is 21.9 Å². The van der Waals surface area contributed by atoms with E-state index in [1.165, 1.54) is 12.1 Å². The first-order valence-corrected chi connectivity index (χ1v) is 11.2. The number of nitriles is 1. The van der Waals surface area contributed by atoms with Crippen molar-refractivity contribution in [3.8, 4) is 11.8 Å². The molecule has 0 radical (unpaired) electrons. The monoisotopic (exact) mass is 452 g/mol. The third-order valence-electron chi connectivity index (χ3n) is 4.31. The number of sulfonamides is 1. The molecule has 1 aromatic heterocycles. The molecule has 0 bridgehead atoms. The number of unbranched alkanes of at least 4 members (excludes halogenated alkanes) is 1. The number of hydrogen-bond donors (Lipinski definition) is 5. The van der Waals surface area contributed by atoms with Crippen molar-refractivity contribution in [2.75, 3.05) is 11.0 Å². The molecule has 1 heterocycles. The number of nitrogens with one attached hydrogen (secondary N) is 2. The van der Waals surface area contributed by atoms with Gasteiger partial charge in [-0.15, -0.1) is 0 Å². The maximum Gasteiger partial charge on any atom is 0.309 e. The van der Waals surface area contributed by atoms with Gasteiger partial charge in [0.15, 0.2) is 5.69 Å². The van der Waals surface area contributed by atoms with Crippen LogP contribution in [0.5, 0.6) is 5.75 Å². The molecule has 0 aliphatic heterocycles. The molecule has 11 nitrogen and oxygen atoms in total. The first-order chi connectivity index (χ1) is 14.6. The fourth-order valence-electron chi connectivity index (χ4n) is 2.80. The minimum atomic E-state index is -3.65. The number of phenolic OH excluding ortho intramolecular Hbond substituents is 1. The quantitative estimate of drug-likeness (QED) is 0.303. The number of aromatic nitrogens is 1. The SMILES string of the molecule is CS(=O)(=O)Nc1nc(C(=O)NC(Cc2ccc(O)cc2)C(O)C(O)CCCC#N)co1. The fraction of sp³-hybridized carbons (Fsp3) is 0.421. The summed E-state index contributed by atoms with van der Waals surface area (Å²) in [7, 11) is -3.65. The highest BCUT2D eigenvalue weighted by molar-refractivity contribution is 7.91. The van der Waals surface area contributed by atoms with E-state index in [9.17, 15) is 28.5 Å². The maximum absolute atomic E-state index is 12.6. The molecule has 31 heavy (non-hydrogen) atoms. The Morgan fingerprint density at radius 2 is 1.97 bits per heavy atom. The van der Waals surface area contributed by atoms with Crippen LogP contribution in [0.4, 0.5) is 6.01 Å². The van der Waals surface area contributed by atoms with Crippen LogP contribution >= 0.6 is 0 Å². The van der Waals surface area contributed by atoms with Crippen molar-refractivity contribution in [1.29, 1.82) is 5.26 Å². The molecular formula is C19H24N4O7S. The number of benzene rings is 1. The van der Waals surface area contributed by atoms with Crippen LogP contribution in [-0.2, 0) is 16.4 Å². The van der Waals surface area contributed by atoms with Gasteiger partial charge >= 0.3 is 6.01 Å². The lowest BCUT2D eigenvalue weighted by Gasteiger charge is -2.27. The van der Waals surface area contributed by atoms with Crippen LogP contribution in [0.25, 0.3) is 0 Å². The number of nitrogens with zero attached hydrogens (tertiary/aromatic N) is 2. The molecule has 0 aliphatic rings. The molecule has 1 amide bonds. The van der Waals surface area contributed by atoms with E-state index >= 15 is 0 Å². The van der Waals surface area contributed by atoms with Gasteiger partial charge in [-0.3, -0.25) is 4.79 Å². The Morgan fingerprint density at radius 1 is 1.29 bits per heavy atom. The second kappa shape index (κ2) is 10.8. The molecule has 3 atom stereocenters. The van der Waals surface area contributed by atoms with Crippen LogP contribution in [0.15, 0.2) is 34.9 Å². The highest BCUT2D eigenvalue weighted by Gasteiger charge is 2.29. The van der Waals surface area contributed by atoms with Crippen molar-refractivity contribution in [3.63, 3.8) is 0 Å². The molecule has 3 unspecified atom stereocenters. The van der Waals surface area contributed by atoms with Crippen LogP contribution in [0, 0.1) is 11.3 Å². The zero-order valence-corrected chi connectivity index (χ0v) is 17.5. The molecule has 0 saturated carbocycles. The Kier molecular flexibility index (Phi) is 8.38. The van der Waals surface area contributed by atoms with Gasteiger partial charge in [0.05, 0.1) is 24.5 Å². The van der Waals surface area contributed by atoms with Gasteiger partial charge in [-0.25, -0.2) is 13.1 Å². The standard InChI is InChI=1S/C19H24N4O7S/c1-31(28,29)23-19-22-15(11-30-19)18(27)21-14(10-12-5-7-13(24)8-6-12)17(26)16(25)4-2-3-9-20/h5-8,11,14,16-17,24-26H,2-4,10H2,1H3,(H,21,27)(H,22,23). The number of rotatable bonds is 11. The zero-order valence-electron chi connectivity index (χ0n) is 16.7. The van der Waals surface area contributed by atoms with E-state index in [-0.39, 0.29) is 36.7 Å². The van der Waals surface area contributed by atoms with Crippen LogP contribution in [0.2, 0.25) is 0 Å². The number of aromatic hydroxyl groups is 1. The summed E-state index contributed by atoms with van der Waals surface area (Å²) >= 11 is 0. The maximum atomic E-state index is 12.6. The number of aliphatic hydroxyl groups excluding tert-OH is 2. The second-order valence-corrected chi connectivity index (χ2v) is 8.72. The number of oxazole rings is 1. The lowest BCUT2D eigenvalue weighted by molar-refractivity contribution is -0.00792. The van der Waals surface area contributed by atoms with Crippen molar-refractivity contribution in [2.24, 2.45) is 0 Å². The molecule has 0 saturated heterocycles. The minimum absolute atomic E-state index is 0.0509. The summed E-state index contributed by atoms with van der Waals surface area (Å²) in [6, 6.07) is 6.73. The van der Waals surface area contributed by atoms with E-state index in [0.29, 0.717) is 12.0 Å². The van der Waals surface area contributed by atoms with Gasteiger partial charge in [-0.1, -0.05) is 12.1 Å². The van der Waals surface area contributed by atoms with Gasteiger partial charge in [-0.05, 0) is 37.0 Å². The van der Waals surface area contributed by atoms with Crippen LogP contribution in [0.3, 0.4) is 0 Å². The topological polar surface area (TPSA) is 186 Å². The van der Waals surface area contributed by atoms with Gasteiger partial charge in [0, 0.05) is 6.42 Å². The van der Waals surface area contributed by atoms with Gasteiger partial charge in [0.2, 0.25) is 10.0 Å². The Balaban J connectivity index is 2.15. The Labute approximate surface area is 179 Å². The Morgan fingerprint density at radius 3 is 2.58 bits per heavy atom. The number of anilines is 1. The highest BCUT2D eigenvalue weighted by atomic mass is 32.2. The molecule has 2 rings (SSSR count). The third-order valence-corrected chi connectivity index (χ3v) is 4.86. The fourth-order valence-corrected chi connectivity index (χ4v) is 3.21. The first-order valence-electron chi connectivity index (χ1n) is 9.34. The van der Waals surface area contributed by atoms with E-state index in [0.717, 1.165) is 12.5 Å². The molecule has 168 valence electrons. The smallest absolute Gasteiger partial charge is 0.309 e. The number of carbonyl (C=O) groups excluding carboxylic acids is 1. The van der Waals surface area contributed by atoms with E-state index in [4.69, 9.17) is 9.68 Å². The van der Waals surface area contributed by atoms with Crippen LogP contribution in [0.1, 0.15) is 35.3 Å². The van der Waals surface area contributed by atoms with Crippen molar-refractivity contribution in [2.45, 2.75) is 43.9 Å². The lowest BCUT2D eigenvalue weighted by Crippen LogP contribution is -2.49. The number of aliphatic hydroxyl groups is 2. The zero-order chi connectivity index (χ0) is 23.0. The van der Waals surface area contributed by atoms with Crippen LogP contribution < -0.4 is 10.0 Å². The van der Waals surface area contributed by atoms with Gasteiger partial charge in [0.1, 0.15) is 18.1 Å². The molecule has 5 N–H and O–H groups in total. The van der Waals surface area contributed by atoms with Crippen LogP contribution in [-0.4, -0.2) is 59.1 Å². The summed E-state index contributed by atoms with van der Waals surface area (Å²) in [4.78, 5) is 16.3. The van der Waals surface area contributed by atoms with Crippen molar-refractivity contribution < 1.29 is 32.9 Å². The number of carbonyl (C=O) groups is 1. The summed E-state index contributed by atoms with van der Waals surface area (Å²) in [5.74, 6) is -0.702. The number of phenols is 1. The predicted octanol–water partition coefficient (Wildman–Crippen LogP) is 0.508. The molecule has 2 aromatic rings. The van der Waals surface area contributed by atoms with Gasteiger partial charge < -0.3 is 25.1 Å². The number of amides is 1. The largest absolute Gasteiger partial charge is 0.508 e. The summed E-state index contributed by atoms with van der Waals surface area (Å²) in [6.07, 6.45) is 0.155. The normalized spacial score (nSPS) is 14.3. The second-order valence-electron chi connectivity index (χ2n) is 6.97. The van der Waals surface area contributed by atoms with Gasteiger partial charge in [0.25, 0.3) is 5.91 Å². The molecule has 0 aliphatic carbocycles. The predicted molar refractivity (Wildman–Crippen MR) is 110 cm³/mol. The lowest BCUT2D eigenvalue weighted by atomic mass is 9.95. The highest BCUT2D eigenvalue weighted by Crippen LogP contribution is 2.17. The Bertz CT molecular complexity index is 1010. The van der Waals surface area contributed by atoms with Gasteiger partial charge in [-0.2, -0.15) is 10.2 Å². The first kappa shape index (κ1) is 24.1. The summed E-state index contributed by atoms with van der Waals surface area (Å²) in [5, 5.41) is 41.5.